The minimum atomic E-state index is 0.308. The van der Waals surface area contributed by atoms with E-state index in [-0.39, 0.29) is 0 Å². The van der Waals surface area contributed by atoms with Gasteiger partial charge in [-0.3, -0.25) is 0 Å². The molecule has 0 aliphatic carbocycles. The van der Waals surface area contributed by atoms with Gasteiger partial charge in [0.05, 0.1) is 0 Å². The first-order chi connectivity index (χ1) is 10.7. The Morgan fingerprint density at radius 2 is 2.05 bits per heavy atom. The van der Waals surface area contributed by atoms with E-state index in [0.717, 1.165) is 54.7 Å². The van der Waals surface area contributed by atoms with Crippen LogP contribution in [0.3, 0.4) is 0 Å². The molecule has 2 heterocycles. The first kappa shape index (κ1) is 15.4. The molecular weight excluding hydrogens is 298 g/mol. The normalized spacial score (nSPS) is 18.2. The van der Waals surface area contributed by atoms with Crippen molar-refractivity contribution in [2.45, 2.75) is 32.4 Å². The number of hydrogen-bond acceptors (Lipinski definition) is 4. The van der Waals surface area contributed by atoms with Gasteiger partial charge in [0.1, 0.15) is 0 Å². The number of likely N-dealkylation sites (tertiary alicyclic amines) is 1. The second-order valence-corrected chi connectivity index (χ2v) is 6.13. The molecule has 0 amide bonds. The summed E-state index contributed by atoms with van der Waals surface area (Å²) in [5, 5.41) is 7.43. The van der Waals surface area contributed by atoms with Crippen molar-refractivity contribution >= 4 is 17.3 Å². The van der Waals surface area contributed by atoms with E-state index in [4.69, 9.17) is 21.7 Å². The van der Waals surface area contributed by atoms with Crippen molar-refractivity contribution in [3.05, 3.63) is 23.8 Å². The minimum absolute atomic E-state index is 0.308. The zero-order chi connectivity index (χ0) is 15.4. The number of piperidine rings is 1. The highest BCUT2D eigenvalue weighted by molar-refractivity contribution is 7.80. The van der Waals surface area contributed by atoms with Crippen LogP contribution in [0.5, 0.6) is 11.5 Å². The quantitative estimate of drug-likeness (QED) is 0.826. The predicted molar refractivity (Wildman–Crippen MR) is 90.3 cm³/mol. The highest BCUT2D eigenvalue weighted by atomic mass is 32.1. The SMILES string of the molecule is CCN1CCC(NC(=S)NCc2ccc3c(c2)OCO3)CC1. The Labute approximate surface area is 137 Å². The Morgan fingerprint density at radius 1 is 1.27 bits per heavy atom. The number of nitrogens with zero attached hydrogens (tertiary/aromatic N) is 1. The van der Waals surface area contributed by atoms with E-state index in [1.807, 2.05) is 18.2 Å². The van der Waals surface area contributed by atoms with Gasteiger partial charge in [0.15, 0.2) is 16.6 Å². The first-order valence-corrected chi connectivity index (χ1v) is 8.30. The highest BCUT2D eigenvalue weighted by Gasteiger charge is 2.18. The molecule has 5 nitrogen and oxygen atoms in total. The highest BCUT2D eigenvalue weighted by Crippen LogP contribution is 2.32. The van der Waals surface area contributed by atoms with Crippen LogP contribution in [0.15, 0.2) is 18.2 Å². The molecule has 0 atom stereocenters. The molecule has 6 heteroatoms. The Balaban J connectivity index is 1.43. The third-order valence-electron chi connectivity index (χ3n) is 4.26. The van der Waals surface area contributed by atoms with Crippen molar-refractivity contribution in [2.75, 3.05) is 26.4 Å². The van der Waals surface area contributed by atoms with E-state index in [9.17, 15) is 0 Å². The van der Waals surface area contributed by atoms with Gasteiger partial charge in [0.25, 0.3) is 0 Å². The van der Waals surface area contributed by atoms with Crippen LogP contribution in [-0.4, -0.2) is 42.5 Å². The van der Waals surface area contributed by atoms with Crippen LogP contribution in [0.25, 0.3) is 0 Å². The third kappa shape index (κ3) is 3.81. The molecule has 0 radical (unpaired) electrons. The molecular formula is C16H23N3O2S. The molecule has 0 unspecified atom stereocenters. The summed E-state index contributed by atoms with van der Waals surface area (Å²) in [6, 6.07) is 6.45. The monoisotopic (exact) mass is 321 g/mol. The van der Waals surface area contributed by atoms with Crippen molar-refractivity contribution in [3.63, 3.8) is 0 Å². The van der Waals surface area contributed by atoms with Gasteiger partial charge in [-0.2, -0.15) is 0 Å². The fraction of sp³-hybridized carbons (Fsp3) is 0.562. The number of fused-ring (bicyclic) bond motifs is 1. The van der Waals surface area contributed by atoms with E-state index < -0.39 is 0 Å². The molecule has 2 N–H and O–H groups in total. The molecule has 0 bridgehead atoms. The van der Waals surface area contributed by atoms with E-state index >= 15 is 0 Å². The molecule has 1 aromatic carbocycles. The number of ether oxygens (including phenoxy) is 2. The zero-order valence-corrected chi connectivity index (χ0v) is 13.7. The lowest BCUT2D eigenvalue weighted by Gasteiger charge is -2.32. The molecule has 1 aromatic rings. The van der Waals surface area contributed by atoms with Crippen molar-refractivity contribution in [3.8, 4) is 11.5 Å². The van der Waals surface area contributed by atoms with Crippen LogP contribution in [0, 0.1) is 0 Å². The van der Waals surface area contributed by atoms with Crippen LogP contribution in [0.2, 0.25) is 0 Å². The Kier molecular flexibility index (Phi) is 5.00. The summed E-state index contributed by atoms with van der Waals surface area (Å²) < 4.78 is 10.7. The van der Waals surface area contributed by atoms with Gasteiger partial charge in [0.2, 0.25) is 6.79 Å². The van der Waals surface area contributed by atoms with Gasteiger partial charge in [-0.1, -0.05) is 13.0 Å². The van der Waals surface area contributed by atoms with Gasteiger partial charge in [-0.05, 0) is 49.3 Å². The van der Waals surface area contributed by atoms with Gasteiger partial charge in [-0.25, -0.2) is 0 Å². The number of hydrogen-bond donors (Lipinski definition) is 2. The zero-order valence-electron chi connectivity index (χ0n) is 12.9. The van der Waals surface area contributed by atoms with Crippen molar-refractivity contribution < 1.29 is 9.47 Å². The summed E-state index contributed by atoms with van der Waals surface area (Å²) in [6.45, 7) is 6.65. The summed E-state index contributed by atoms with van der Waals surface area (Å²) in [5.41, 5.74) is 1.13. The Morgan fingerprint density at radius 3 is 2.82 bits per heavy atom. The molecule has 22 heavy (non-hydrogen) atoms. The molecule has 2 aliphatic heterocycles. The van der Waals surface area contributed by atoms with Crippen molar-refractivity contribution in [2.24, 2.45) is 0 Å². The van der Waals surface area contributed by atoms with Gasteiger partial charge in [-0.15, -0.1) is 0 Å². The van der Waals surface area contributed by atoms with Gasteiger partial charge in [0, 0.05) is 25.7 Å². The van der Waals surface area contributed by atoms with E-state index in [1.54, 1.807) is 0 Å². The Hall–Kier alpha value is -1.53. The minimum Gasteiger partial charge on any atom is -0.454 e. The maximum Gasteiger partial charge on any atom is 0.231 e. The smallest absolute Gasteiger partial charge is 0.231 e. The first-order valence-electron chi connectivity index (χ1n) is 7.90. The lowest BCUT2D eigenvalue weighted by molar-refractivity contribution is 0.174. The average molecular weight is 321 g/mol. The average Bonchev–Trinajstić information content (AvgIpc) is 3.01. The molecule has 1 saturated heterocycles. The van der Waals surface area contributed by atoms with Crippen molar-refractivity contribution in [1.29, 1.82) is 0 Å². The second-order valence-electron chi connectivity index (χ2n) is 5.72. The third-order valence-corrected chi connectivity index (χ3v) is 4.52. The maximum atomic E-state index is 5.40. The Bertz CT molecular complexity index is 530. The summed E-state index contributed by atoms with van der Waals surface area (Å²) in [4.78, 5) is 2.47. The summed E-state index contributed by atoms with van der Waals surface area (Å²) in [6.07, 6.45) is 2.30. The summed E-state index contributed by atoms with van der Waals surface area (Å²) >= 11 is 5.40. The number of rotatable bonds is 4. The lowest BCUT2D eigenvalue weighted by atomic mass is 10.1. The van der Waals surface area contributed by atoms with Crippen LogP contribution in [0.4, 0.5) is 0 Å². The lowest BCUT2D eigenvalue weighted by Crippen LogP contribution is -2.47. The molecule has 1 fully saturated rings. The van der Waals surface area contributed by atoms with Crippen molar-refractivity contribution in [1.82, 2.24) is 15.5 Å². The topological polar surface area (TPSA) is 45.8 Å². The predicted octanol–water partition coefficient (Wildman–Crippen LogP) is 1.86. The van der Waals surface area contributed by atoms with Crippen LogP contribution >= 0.6 is 12.2 Å². The molecule has 0 aromatic heterocycles. The molecule has 2 aliphatic rings. The maximum absolute atomic E-state index is 5.40. The standard InChI is InChI=1S/C16H23N3O2S/c1-2-19-7-5-13(6-8-19)18-16(22)17-10-12-3-4-14-15(9-12)21-11-20-14/h3-4,9,13H,2,5-8,10-11H2,1H3,(H2,17,18,22). The molecule has 0 saturated carbocycles. The van der Waals surface area contributed by atoms with E-state index in [2.05, 4.69) is 22.5 Å². The van der Waals surface area contributed by atoms with Crippen LogP contribution in [-0.2, 0) is 6.54 Å². The number of thiocarbonyl (C=S) groups is 1. The largest absolute Gasteiger partial charge is 0.454 e. The summed E-state index contributed by atoms with van der Waals surface area (Å²) in [7, 11) is 0. The molecule has 0 spiro atoms. The van der Waals surface area contributed by atoms with Crippen LogP contribution < -0.4 is 20.1 Å². The van der Waals surface area contributed by atoms with Gasteiger partial charge >= 0.3 is 0 Å². The van der Waals surface area contributed by atoms with E-state index in [1.165, 1.54) is 0 Å². The van der Waals surface area contributed by atoms with Gasteiger partial charge < -0.3 is 25.0 Å². The van der Waals surface area contributed by atoms with Crippen LogP contribution in [0.1, 0.15) is 25.3 Å². The second kappa shape index (κ2) is 7.15. The number of benzene rings is 1. The number of nitrogens with one attached hydrogen (secondary N) is 2. The molecule has 120 valence electrons. The fourth-order valence-electron chi connectivity index (χ4n) is 2.86. The van der Waals surface area contributed by atoms with E-state index in [0.29, 0.717) is 19.4 Å². The summed E-state index contributed by atoms with van der Waals surface area (Å²) in [5.74, 6) is 1.62. The fourth-order valence-corrected chi connectivity index (χ4v) is 3.10. The molecule has 3 rings (SSSR count).